The first-order valence-electron chi connectivity index (χ1n) is 5.73. The molecule has 2 saturated carbocycles. The molecule has 0 radical (unpaired) electrons. The number of fused-ring (bicyclic) bond motifs is 1. The minimum Gasteiger partial charge on any atom is -0.392 e. The van der Waals surface area contributed by atoms with Gasteiger partial charge in [-0.3, -0.25) is 0 Å². The summed E-state index contributed by atoms with van der Waals surface area (Å²) in [6.07, 6.45) is 5.37. The summed E-state index contributed by atoms with van der Waals surface area (Å²) >= 11 is 0. The third kappa shape index (κ3) is 1.75. The number of aliphatic hydroxyl groups is 1. The van der Waals surface area contributed by atoms with Crippen molar-refractivity contribution in [1.82, 2.24) is 4.90 Å². The molecular weight excluding hydrogens is 162 g/mol. The Hall–Kier alpha value is -0.0800. The van der Waals surface area contributed by atoms with Crippen LogP contribution in [0.1, 0.15) is 25.7 Å². The number of rotatable bonds is 3. The van der Waals surface area contributed by atoms with Gasteiger partial charge in [-0.05, 0) is 50.0 Å². The molecule has 13 heavy (non-hydrogen) atoms. The molecule has 0 bridgehead atoms. The molecule has 3 rings (SSSR count). The van der Waals surface area contributed by atoms with E-state index in [1.165, 1.54) is 38.8 Å². The van der Waals surface area contributed by atoms with Gasteiger partial charge in [0.15, 0.2) is 0 Å². The molecule has 2 aliphatic carbocycles. The number of piperidine rings is 1. The Balaban J connectivity index is 1.48. The first-order valence-corrected chi connectivity index (χ1v) is 5.73. The van der Waals surface area contributed by atoms with Crippen molar-refractivity contribution in [3.63, 3.8) is 0 Å². The Morgan fingerprint density at radius 2 is 2.08 bits per heavy atom. The predicted molar refractivity (Wildman–Crippen MR) is 51.4 cm³/mol. The SMILES string of the molecule is OC(CN1CCC2CC2C1)C1CC1. The van der Waals surface area contributed by atoms with Gasteiger partial charge in [0.1, 0.15) is 0 Å². The first-order chi connectivity index (χ1) is 6.33. The summed E-state index contributed by atoms with van der Waals surface area (Å²) in [5.41, 5.74) is 0. The van der Waals surface area contributed by atoms with E-state index in [4.69, 9.17) is 0 Å². The lowest BCUT2D eigenvalue weighted by molar-refractivity contribution is 0.0833. The second-order valence-corrected chi connectivity index (χ2v) is 5.21. The van der Waals surface area contributed by atoms with Crippen LogP contribution in [0.2, 0.25) is 0 Å². The molecule has 0 aromatic heterocycles. The van der Waals surface area contributed by atoms with E-state index in [9.17, 15) is 5.11 Å². The fraction of sp³-hybridized carbons (Fsp3) is 1.00. The number of likely N-dealkylation sites (tertiary alicyclic amines) is 1. The lowest BCUT2D eigenvalue weighted by Gasteiger charge is -2.28. The number of β-amino-alcohol motifs (C(OH)–C–C–N with tert-alkyl or cyclic N) is 1. The zero-order valence-electron chi connectivity index (χ0n) is 8.15. The monoisotopic (exact) mass is 181 g/mol. The third-order valence-electron chi connectivity index (χ3n) is 3.99. The molecule has 1 saturated heterocycles. The van der Waals surface area contributed by atoms with Gasteiger partial charge < -0.3 is 10.0 Å². The smallest absolute Gasteiger partial charge is 0.0695 e. The molecule has 2 nitrogen and oxygen atoms in total. The van der Waals surface area contributed by atoms with Crippen molar-refractivity contribution in [2.75, 3.05) is 19.6 Å². The van der Waals surface area contributed by atoms with Crippen LogP contribution in [0.3, 0.4) is 0 Å². The van der Waals surface area contributed by atoms with Crippen LogP contribution < -0.4 is 0 Å². The van der Waals surface area contributed by atoms with E-state index >= 15 is 0 Å². The highest BCUT2D eigenvalue weighted by atomic mass is 16.3. The van der Waals surface area contributed by atoms with E-state index in [0.717, 1.165) is 18.4 Å². The fourth-order valence-corrected chi connectivity index (χ4v) is 2.72. The molecule has 0 spiro atoms. The molecule has 3 aliphatic rings. The molecule has 3 atom stereocenters. The molecule has 74 valence electrons. The van der Waals surface area contributed by atoms with Crippen molar-refractivity contribution in [2.45, 2.75) is 31.8 Å². The van der Waals surface area contributed by atoms with Crippen LogP contribution >= 0.6 is 0 Å². The Morgan fingerprint density at radius 1 is 1.23 bits per heavy atom. The second kappa shape index (κ2) is 2.96. The second-order valence-electron chi connectivity index (χ2n) is 5.21. The Bertz CT molecular complexity index is 202. The Morgan fingerprint density at radius 3 is 2.77 bits per heavy atom. The van der Waals surface area contributed by atoms with Crippen molar-refractivity contribution >= 4 is 0 Å². The van der Waals surface area contributed by atoms with Crippen molar-refractivity contribution < 1.29 is 5.11 Å². The average molecular weight is 181 g/mol. The maximum absolute atomic E-state index is 9.80. The lowest BCUT2D eigenvalue weighted by atomic mass is 10.1. The summed E-state index contributed by atoms with van der Waals surface area (Å²) in [5.74, 6) is 2.71. The normalized spacial score (nSPS) is 41.3. The minimum atomic E-state index is -0.0182. The van der Waals surface area contributed by atoms with Gasteiger partial charge in [0.2, 0.25) is 0 Å². The molecular formula is C11H19NO. The van der Waals surface area contributed by atoms with Gasteiger partial charge in [-0.25, -0.2) is 0 Å². The van der Waals surface area contributed by atoms with E-state index in [1.54, 1.807) is 0 Å². The fourth-order valence-electron chi connectivity index (χ4n) is 2.72. The summed E-state index contributed by atoms with van der Waals surface area (Å²) in [7, 11) is 0. The number of aliphatic hydroxyl groups excluding tert-OH is 1. The van der Waals surface area contributed by atoms with E-state index < -0.39 is 0 Å². The summed E-state index contributed by atoms with van der Waals surface area (Å²) in [4.78, 5) is 2.48. The van der Waals surface area contributed by atoms with E-state index in [-0.39, 0.29) is 6.10 Å². The standard InChI is InChI=1S/C11H19NO/c13-11(8-1-2-8)7-12-4-3-9-5-10(9)6-12/h8-11,13H,1-7H2. The zero-order chi connectivity index (χ0) is 8.84. The highest BCUT2D eigenvalue weighted by Gasteiger charge is 2.42. The quantitative estimate of drug-likeness (QED) is 0.704. The van der Waals surface area contributed by atoms with Gasteiger partial charge in [0, 0.05) is 13.1 Å². The van der Waals surface area contributed by atoms with E-state index in [0.29, 0.717) is 5.92 Å². The summed E-state index contributed by atoms with van der Waals surface area (Å²) in [6, 6.07) is 0. The molecule has 1 aliphatic heterocycles. The van der Waals surface area contributed by atoms with Gasteiger partial charge in [-0.2, -0.15) is 0 Å². The van der Waals surface area contributed by atoms with Crippen LogP contribution in [0.4, 0.5) is 0 Å². The summed E-state index contributed by atoms with van der Waals surface area (Å²) in [6.45, 7) is 3.47. The van der Waals surface area contributed by atoms with E-state index in [2.05, 4.69) is 4.90 Å². The third-order valence-corrected chi connectivity index (χ3v) is 3.99. The Kier molecular flexibility index (Phi) is 1.88. The maximum atomic E-state index is 9.80. The van der Waals surface area contributed by atoms with Crippen LogP contribution in [0.25, 0.3) is 0 Å². The molecule has 3 unspecified atom stereocenters. The van der Waals surface area contributed by atoms with E-state index in [1.807, 2.05) is 0 Å². The summed E-state index contributed by atoms with van der Waals surface area (Å²) in [5, 5.41) is 9.80. The van der Waals surface area contributed by atoms with Gasteiger partial charge in [-0.1, -0.05) is 0 Å². The Labute approximate surface area is 79.9 Å². The van der Waals surface area contributed by atoms with Crippen LogP contribution in [0.5, 0.6) is 0 Å². The molecule has 1 heterocycles. The highest BCUT2D eigenvalue weighted by Crippen LogP contribution is 2.45. The number of hydrogen-bond acceptors (Lipinski definition) is 2. The van der Waals surface area contributed by atoms with Gasteiger partial charge in [-0.15, -0.1) is 0 Å². The van der Waals surface area contributed by atoms with Gasteiger partial charge in [0.25, 0.3) is 0 Å². The molecule has 0 aromatic carbocycles. The number of hydrogen-bond donors (Lipinski definition) is 1. The summed E-state index contributed by atoms with van der Waals surface area (Å²) < 4.78 is 0. The highest BCUT2D eigenvalue weighted by molar-refractivity contribution is 4.94. The largest absolute Gasteiger partial charge is 0.392 e. The van der Waals surface area contributed by atoms with Crippen molar-refractivity contribution in [3.05, 3.63) is 0 Å². The molecule has 1 N–H and O–H groups in total. The zero-order valence-corrected chi connectivity index (χ0v) is 8.15. The van der Waals surface area contributed by atoms with Crippen LogP contribution in [0.15, 0.2) is 0 Å². The van der Waals surface area contributed by atoms with Gasteiger partial charge >= 0.3 is 0 Å². The van der Waals surface area contributed by atoms with Crippen LogP contribution in [0, 0.1) is 17.8 Å². The molecule has 0 amide bonds. The first kappa shape index (κ1) is 8.25. The molecule has 0 aromatic rings. The molecule has 2 heteroatoms. The minimum absolute atomic E-state index is 0.0182. The van der Waals surface area contributed by atoms with Crippen molar-refractivity contribution in [1.29, 1.82) is 0 Å². The number of nitrogens with zero attached hydrogens (tertiary/aromatic N) is 1. The maximum Gasteiger partial charge on any atom is 0.0695 e. The van der Waals surface area contributed by atoms with Crippen LogP contribution in [-0.2, 0) is 0 Å². The lowest BCUT2D eigenvalue weighted by Crippen LogP contribution is -2.38. The predicted octanol–water partition coefficient (Wildman–Crippen LogP) is 1.10. The van der Waals surface area contributed by atoms with Gasteiger partial charge in [0.05, 0.1) is 6.10 Å². The van der Waals surface area contributed by atoms with Crippen molar-refractivity contribution in [2.24, 2.45) is 17.8 Å². The van der Waals surface area contributed by atoms with Crippen molar-refractivity contribution in [3.8, 4) is 0 Å². The van der Waals surface area contributed by atoms with Crippen LogP contribution in [-0.4, -0.2) is 35.7 Å². The topological polar surface area (TPSA) is 23.5 Å². The average Bonchev–Trinajstić information content (AvgIpc) is 2.99. The molecule has 3 fully saturated rings.